The summed E-state index contributed by atoms with van der Waals surface area (Å²) in [6.07, 6.45) is 0. The summed E-state index contributed by atoms with van der Waals surface area (Å²) in [4.78, 5) is 9.00. The molecule has 1 unspecified atom stereocenters. The number of hydrogen-bond donors (Lipinski definition) is 2. The highest BCUT2D eigenvalue weighted by atomic mass is 31.2. The van der Waals surface area contributed by atoms with E-state index in [1.165, 1.54) is 0 Å². The monoisotopic (exact) mass is 348 g/mol. The van der Waals surface area contributed by atoms with Gasteiger partial charge in [-0.2, -0.15) is 0 Å². The van der Waals surface area contributed by atoms with Gasteiger partial charge in [-0.05, 0) is 5.92 Å². The van der Waals surface area contributed by atoms with Gasteiger partial charge >= 0.3 is 0 Å². The fraction of sp³-hybridized carbons (Fsp3) is 0.316. The Bertz CT molecular complexity index is 621. The molecule has 1 atom stereocenters. The fourth-order valence-corrected chi connectivity index (χ4v) is 5.94. The summed E-state index contributed by atoms with van der Waals surface area (Å²) in [6, 6.07) is 19.1. The summed E-state index contributed by atoms with van der Waals surface area (Å²) in [5, 5.41) is 18.8. The second-order valence-electron chi connectivity index (χ2n) is 5.84. The lowest BCUT2D eigenvalue weighted by molar-refractivity contribution is -0.134. The Balaban J connectivity index is 0.000000648. The molecule has 0 saturated heterocycles. The quantitative estimate of drug-likeness (QED) is 0.814. The van der Waals surface area contributed by atoms with Crippen molar-refractivity contribution < 1.29 is 19.6 Å². The maximum Gasteiger partial charge on any atom is 0.300 e. The minimum Gasteiger partial charge on any atom is -0.481 e. The maximum absolute atomic E-state index is 13.8. The summed E-state index contributed by atoms with van der Waals surface area (Å²) in [6.45, 7) is 5.04. The second-order valence-corrected chi connectivity index (χ2v) is 8.85. The smallest absolute Gasteiger partial charge is 0.300 e. The molecule has 0 aliphatic heterocycles. The van der Waals surface area contributed by atoms with Crippen molar-refractivity contribution in [2.24, 2.45) is 5.92 Å². The predicted molar refractivity (Wildman–Crippen MR) is 98.8 cm³/mol. The van der Waals surface area contributed by atoms with E-state index in [4.69, 9.17) is 9.90 Å². The van der Waals surface area contributed by atoms with Crippen molar-refractivity contribution in [3.63, 3.8) is 0 Å². The van der Waals surface area contributed by atoms with E-state index in [9.17, 15) is 9.67 Å². The molecule has 0 aromatic heterocycles. The zero-order valence-corrected chi connectivity index (χ0v) is 15.2. The van der Waals surface area contributed by atoms with Crippen molar-refractivity contribution in [2.45, 2.75) is 26.4 Å². The molecule has 2 N–H and O–H groups in total. The maximum atomic E-state index is 13.8. The summed E-state index contributed by atoms with van der Waals surface area (Å²) < 4.78 is 13.8. The van der Waals surface area contributed by atoms with Crippen LogP contribution >= 0.6 is 7.14 Å². The molecule has 2 aromatic rings. The zero-order chi connectivity index (χ0) is 18.2. The number of aliphatic hydroxyl groups excluding tert-OH is 1. The molecule has 0 fully saturated rings. The molecule has 5 heteroatoms. The van der Waals surface area contributed by atoms with Crippen LogP contribution in [0.1, 0.15) is 20.8 Å². The molecule has 0 aliphatic carbocycles. The minimum atomic E-state index is -2.84. The summed E-state index contributed by atoms with van der Waals surface area (Å²) in [7, 11) is -2.84. The van der Waals surface area contributed by atoms with E-state index in [1.54, 1.807) is 0 Å². The normalized spacial score (nSPS) is 12.2. The van der Waals surface area contributed by atoms with Crippen molar-refractivity contribution >= 4 is 23.7 Å². The molecule has 130 valence electrons. The molecule has 2 rings (SSSR count). The van der Waals surface area contributed by atoms with Crippen LogP contribution in [0.15, 0.2) is 60.7 Å². The summed E-state index contributed by atoms with van der Waals surface area (Å²) >= 11 is 0. The van der Waals surface area contributed by atoms with Crippen LogP contribution in [0, 0.1) is 5.92 Å². The van der Waals surface area contributed by atoms with Crippen LogP contribution in [0.2, 0.25) is 0 Å². The van der Waals surface area contributed by atoms with Gasteiger partial charge in [0, 0.05) is 23.2 Å². The average molecular weight is 348 g/mol. The lowest BCUT2D eigenvalue weighted by atomic mass is 10.1. The van der Waals surface area contributed by atoms with Crippen molar-refractivity contribution in [3.05, 3.63) is 60.7 Å². The highest BCUT2D eigenvalue weighted by Crippen LogP contribution is 2.51. The molecule has 2 aromatic carbocycles. The van der Waals surface area contributed by atoms with Crippen LogP contribution in [-0.2, 0) is 9.36 Å². The van der Waals surface area contributed by atoms with E-state index in [0.29, 0.717) is 0 Å². The third-order valence-corrected chi connectivity index (χ3v) is 7.53. The number of carboxylic acid groups (broad SMARTS) is 1. The first-order valence-corrected chi connectivity index (χ1v) is 9.63. The van der Waals surface area contributed by atoms with Crippen molar-refractivity contribution in [3.8, 4) is 0 Å². The van der Waals surface area contributed by atoms with Gasteiger partial charge in [0.1, 0.15) is 7.14 Å². The predicted octanol–water partition coefficient (Wildman–Crippen LogP) is 3.11. The van der Waals surface area contributed by atoms with Crippen LogP contribution in [0.4, 0.5) is 0 Å². The van der Waals surface area contributed by atoms with Crippen molar-refractivity contribution in [1.82, 2.24) is 0 Å². The molecular weight excluding hydrogens is 323 g/mol. The Morgan fingerprint density at radius 2 is 1.29 bits per heavy atom. The van der Waals surface area contributed by atoms with Gasteiger partial charge < -0.3 is 14.8 Å². The van der Waals surface area contributed by atoms with Crippen LogP contribution in [0.3, 0.4) is 0 Å². The molecule has 24 heavy (non-hydrogen) atoms. The summed E-state index contributed by atoms with van der Waals surface area (Å²) in [5.41, 5.74) is -0.257. The van der Waals surface area contributed by atoms with E-state index < -0.39 is 13.1 Å². The highest BCUT2D eigenvalue weighted by Gasteiger charge is 2.37. The van der Waals surface area contributed by atoms with E-state index in [0.717, 1.165) is 17.5 Å². The molecule has 0 amide bonds. The van der Waals surface area contributed by atoms with Gasteiger partial charge in [0.05, 0.1) is 6.61 Å². The lowest BCUT2D eigenvalue weighted by Gasteiger charge is -2.30. The van der Waals surface area contributed by atoms with Crippen LogP contribution in [0.5, 0.6) is 0 Å². The van der Waals surface area contributed by atoms with Crippen LogP contribution in [0.25, 0.3) is 0 Å². The van der Waals surface area contributed by atoms with Crippen LogP contribution < -0.4 is 10.6 Å². The number of rotatable bonds is 5. The van der Waals surface area contributed by atoms with Crippen molar-refractivity contribution in [2.75, 3.05) is 6.61 Å². The Hall–Kier alpha value is -1.90. The topological polar surface area (TPSA) is 74.6 Å². The zero-order valence-electron chi connectivity index (χ0n) is 14.3. The first-order valence-electron chi connectivity index (χ1n) is 7.85. The SMILES string of the molecule is CC(=O)O.CC(C)C(CO)P(=O)(c1ccccc1)c1ccccc1. The van der Waals surface area contributed by atoms with E-state index in [1.807, 2.05) is 74.5 Å². The number of carbonyl (C=O) groups is 1. The molecule has 4 nitrogen and oxygen atoms in total. The average Bonchev–Trinajstić information content (AvgIpc) is 2.56. The second kappa shape index (κ2) is 9.41. The molecule has 0 heterocycles. The van der Waals surface area contributed by atoms with Gasteiger partial charge in [-0.25, -0.2) is 0 Å². The number of carboxylic acids is 1. The van der Waals surface area contributed by atoms with Gasteiger partial charge in [-0.1, -0.05) is 74.5 Å². The Morgan fingerprint density at radius 1 is 0.958 bits per heavy atom. The molecule has 0 bridgehead atoms. The molecular formula is C19H25O4P. The molecule has 0 spiro atoms. The third kappa shape index (κ3) is 5.05. The number of hydrogen-bond acceptors (Lipinski definition) is 3. The summed E-state index contributed by atoms with van der Waals surface area (Å²) in [5.74, 6) is -0.689. The Kier molecular flexibility index (Phi) is 7.90. The number of aliphatic hydroxyl groups is 1. The van der Waals surface area contributed by atoms with E-state index >= 15 is 0 Å². The van der Waals surface area contributed by atoms with Gasteiger partial charge in [0.2, 0.25) is 0 Å². The number of benzene rings is 2. The fourth-order valence-electron chi connectivity index (χ4n) is 2.58. The minimum absolute atomic E-state index is 0.0707. The number of aliphatic carboxylic acids is 1. The largest absolute Gasteiger partial charge is 0.481 e. The van der Waals surface area contributed by atoms with Crippen molar-refractivity contribution in [1.29, 1.82) is 0 Å². The van der Waals surface area contributed by atoms with Gasteiger partial charge in [-0.3, -0.25) is 4.79 Å². The van der Waals surface area contributed by atoms with Gasteiger partial charge in [0.25, 0.3) is 5.97 Å². The molecule has 0 radical (unpaired) electrons. The first kappa shape index (κ1) is 20.1. The standard InChI is InChI=1S/C17H21O2P.C2H4O2/c1-14(2)17(13-18)20(19,15-9-5-3-6-10-15)16-11-7-4-8-12-16;1-2(3)4/h3-12,14,17-18H,13H2,1-2H3;1H3,(H,3,4). The first-order chi connectivity index (χ1) is 11.3. The highest BCUT2D eigenvalue weighted by molar-refractivity contribution is 7.79. The molecule has 0 aliphatic rings. The van der Waals surface area contributed by atoms with E-state index in [-0.39, 0.29) is 18.2 Å². The lowest BCUT2D eigenvalue weighted by Crippen LogP contribution is -2.32. The van der Waals surface area contributed by atoms with Crippen LogP contribution in [-0.4, -0.2) is 28.4 Å². The Labute approximate surface area is 143 Å². The molecule has 0 saturated carbocycles. The van der Waals surface area contributed by atoms with E-state index in [2.05, 4.69) is 0 Å². The Morgan fingerprint density at radius 3 is 1.54 bits per heavy atom. The van der Waals surface area contributed by atoms with Gasteiger partial charge in [-0.15, -0.1) is 0 Å². The van der Waals surface area contributed by atoms with Gasteiger partial charge in [0.15, 0.2) is 0 Å². The third-order valence-electron chi connectivity index (χ3n) is 3.70.